The van der Waals surface area contributed by atoms with Crippen LogP contribution in [0.2, 0.25) is 0 Å². The van der Waals surface area contributed by atoms with E-state index in [2.05, 4.69) is 18.8 Å². The number of hydrogen-bond acceptors (Lipinski definition) is 4. The number of rotatable bonds is 22. The van der Waals surface area contributed by atoms with Gasteiger partial charge in [-0.25, -0.2) is 4.79 Å². The molecule has 4 nitrogen and oxygen atoms in total. The maximum atomic E-state index is 12.7. The minimum Gasteiger partial charge on any atom is -0.492 e. The third-order valence-corrected chi connectivity index (χ3v) is 7.87. The third-order valence-electron chi connectivity index (χ3n) is 7.87. The number of nitrogens with zero attached hydrogens (tertiary/aromatic N) is 1. The fourth-order valence-corrected chi connectivity index (χ4v) is 5.19. The van der Waals surface area contributed by atoms with Gasteiger partial charge in [0.1, 0.15) is 11.5 Å². The molecule has 0 saturated heterocycles. The zero-order valence-corrected chi connectivity index (χ0v) is 26.3. The van der Waals surface area contributed by atoms with Crippen LogP contribution in [-0.2, 0) is 6.42 Å². The van der Waals surface area contributed by atoms with Gasteiger partial charge in [0, 0.05) is 5.56 Å². The summed E-state index contributed by atoms with van der Waals surface area (Å²) in [6, 6.07) is 19.3. The van der Waals surface area contributed by atoms with Gasteiger partial charge in [-0.15, -0.1) is 0 Å². The smallest absolute Gasteiger partial charge is 0.343 e. The minimum atomic E-state index is -0.336. The number of unbranched alkanes of at least 4 members (excludes halogenated alkanes) is 14. The molecule has 1 aromatic heterocycles. The van der Waals surface area contributed by atoms with Crippen molar-refractivity contribution >= 4 is 5.97 Å². The Morgan fingerprint density at radius 2 is 1.14 bits per heavy atom. The van der Waals surface area contributed by atoms with Gasteiger partial charge in [0.25, 0.3) is 0 Å². The summed E-state index contributed by atoms with van der Waals surface area (Å²) in [5.41, 5.74) is 3.67. The molecule has 4 heteroatoms. The van der Waals surface area contributed by atoms with Gasteiger partial charge in [-0.3, -0.25) is 4.98 Å². The molecule has 3 aromatic rings. The summed E-state index contributed by atoms with van der Waals surface area (Å²) in [5, 5.41) is 0. The lowest BCUT2D eigenvalue weighted by molar-refractivity contribution is 0.0734. The molecule has 0 bridgehead atoms. The summed E-state index contributed by atoms with van der Waals surface area (Å²) in [5.74, 6) is 0.992. The van der Waals surface area contributed by atoms with E-state index in [0.29, 0.717) is 11.3 Å². The van der Waals surface area contributed by atoms with E-state index in [4.69, 9.17) is 9.47 Å². The lowest BCUT2D eigenvalue weighted by atomic mass is 10.0. The standard InChI is InChI=1S/C38H53NO3/c1-3-5-7-9-11-12-14-16-18-30-41-36-28-29-37(39-31-36)33-24-26-35(27-25-33)42-38(40)34-22-20-32(21-23-34)19-17-15-13-10-8-6-4-2/h20-29,31H,3-19,30H2,1-2H3. The summed E-state index contributed by atoms with van der Waals surface area (Å²) < 4.78 is 11.5. The van der Waals surface area contributed by atoms with Crippen LogP contribution in [0.1, 0.15) is 133 Å². The molecule has 0 aliphatic rings. The molecule has 0 N–H and O–H groups in total. The van der Waals surface area contributed by atoms with E-state index < -0.39 is 0 Å². The van der Waals surface area contributed by atoms with Crippen molar-refractivity contribution in [2.45, 2.75) is 123 Å². The molecular formula is C38H53NO3. The molecule has 0 unspecified atom stereocenters. The first-order valence-corrected chi connectivity index (χ1v) is 16.7. The fraction of sp³-hybridized carbons (Fsp3) is 0.526. The van der Waals surface area contributed by atoms with Crippen molar-refractivity contribution in [2.24, 2.45) is 0 Å². The number of ether oxygens (including phenoxy) is 2. The topological polar surface area (TPSA) is 48.4 Å². The Balaban J connectivity index is 1.34. The van der Waals surface area contributed by atoms with Crippen LogP contribution in [0.4, 0.5) is 0 Å². The van der Waals surface area contributed by atoms with Gasteiger partial charge in [-0.1, -0.05) is 116 Å². The molecule has 1 heterocycles. The Morgan fingerprint density at radius 1 is 0.595 bits per heavy atom. The number of esters is 1. The first-order valence-electron chi connectivity index (χ1n) is 16.7. The van der Waals surface area contributed by atoms with Crippen molar-refractivity contribution in [1.82, 2.24) is 4.98 Å². The lowest BCUT2D eigenvalue weighted by Gasteiger charge is -2.08. The molecule has 0 radical (unpaired) electrons. The van der Waals surface area contributed by atoms with Crippen LogP contribution < -0.4 is 9.47 Å². The van der Waals surface area contributed by atoms with E-state index in [9.17, 15) is 4.79 Å². The molecule has 0 aliphatic heterocycles. The fourth-order valence-electron chi connectivity index (χ4n) is 5.19. The quantitative estimate of drug-likeness (QED) is 0.0683. The van der Waals surface area contributed by atoms with Crippen LogP contribution in [0, 0.1) is 0 Å². The number of hydrogen-bond donors (Lipinski definition) is 0. The Labute approximate surface area is 255 Å². The van der Waals surface area contributed by atoms with Crippen molar-refractivity contribution < 1.29 is 14.3 Å². The van der Waals surface area contributed by atoms with Crippen LogP contribution in [0.25, 0.3) is 11.3 Å². The van der Waals surface area contributed by atoms with Crippen molar-refractivity contribution in [3.63, 3.8) is 0 Å². The Hall–Kier alpha value is -3.14. The number of carbonyl (C=O) groups excluding carboxylic acids is 1. The highest BCUT2D eigenvalue weighted by molar-refractivity contribution is 5.91. The highest BCUT2D eigenvalue weighted by Gasteiger charge is 2.09. The van der Waals surface area contributed by atoms with Gasteiger partial charge in [0.05, 0.1) is 24.1 Å². The molecule has 0 spiro atoms. The van der Waals surface area contributed by atoms with E-state index >= 15 is 0 Å². The molecule has 2 aromatic carbocycles. The van der Waals surface area contributed by atoms with Crippen LogP contribution in [-0.4, -0.2) is 17.6 Å². The summed E-state index contributed by atoms with van der Waals surface area (Å²) in [6.45, 7) is 5.25. The van der Waals surface area contributed by atoms with Crippen LogP contribution in [0.5, 0.6) is 11.5 Å². The Bertz CT molecular complexity index is 1110. The number of carbonyl (C=O) groups is 1. The molecule has 0 fully saturated rings. The van der Waals surface area contributed by atoms with Crippen LogP contribution >= 0.6 is 0 Å². The van der Waals surface area contributed by atoms with E-state index in [0.717, 1.165) is 36.5 Å². The van der Waals surface area contributed by atoms with Crippen molar-refractivity contribution in [1.29, 1.82) is 0 Å². The number of aryl methyl sites for hydroxylation is 1. The van der Waals surface area contributed by atoms with Crippen LogP contribution in [0.3, 0.4) is 0 Å². The van der Waals surface area contributed by atoms with Gasteiger partial charge >= 0.3 is 5.97 Å². The molecule has 0 aliphatic carbocycles. The lowest BCUT2D eigenvalue weighted by Crippen LogP contribution is -2.08. The van der Waals surface area contributed by atoms with Gasteiger partial charge in [0.2, 0.25) is 0 Å². The van der Waals surface area contributed by atoms with Gasteiger partial charge in [-0.2, -0.15) is 0 Å². The number of benzene rings is 2. The van der Waals surface area contributed by atoms with Crippen LogP contribution in [0.15, 0.2) is 66.9 Å². The van der Waals surface area contributed by atoms with Gasteiger partial charge in [0.15, 0.2) is 0 Å². The predicted octanol–water partition coefficient (Wildman–Crippen LogP) is 11.2. The zero-order chi connectivity index (χ0) is 29.7. The molecule has 42 heavy (non-hydrogen) atoms. The Kier molecular flexibility index (Phi) is 16.4. The maximum Gasteiger partial charge on any atom is 0.343 e. The zero-order valence-electron chi connectivity index (χ0n) is 26.3. The maximum absolute atomic E-state index is 12.7. The molecular weight excluding hydrogens is 518 g/mol. The molecule has 0 atom stereocenters. The van der Waals surface area contributed by atoms with E-state index in [1.54, 1.807) is 6.20 Å². The molecule has 3 rings (SSSR count). The summed E-state index contributed by atoms with van der Waals surface area (Å²) in [6.07, 6.45) is 23.7. The van der Waals surface area contributed by atoms with Crippen molar-refractivity contribution in [3.8, 4) is 22.8 Å². The second-order valence-corrected chi connectivity index (χ2v) is 11.5. The van der Waals surface area contributed by atoms with Gasteiger partial charge in [-0.05, 0) is 73.4 Å². The second-order valence-electron chi connectivity index (χ2n) is 11.5. The second kappa shape index (κ2) is 20.7. The summed E-state index contributed by atoms with van der Waals surface area (Å²) in [7, 11) is 0. The highest BCUT2D eigenvalue weighted by Crippen LogP contribution is 2.23. The van der Waals surface area contributed by atoms with E-state index in [1.807, 2.05) is 60.7 Å². The van der Waals surface area contributed by atoms with Crippen molar-refractivity contribution in [2.75, 3.05) is 6.61 Å². The minimum absolute atomic E-state index is 0.336. The normalized spacial score (nSPS) is 11.0. The number of pyridine rings is 1. The van der Waals surface area contributed by atoms with E-state index in [1.165, 1.54) is 102 Å². The van der Waals surface area contributed by atoms with E-state index in [-0.39, 0.29) is 5.97 Å². The third kappa shape index (κ3) is 13.2. The first-order chi connectivity index (χ1) is 20.7. The first kappa shape index (κ1) is 33.4. The largest absolute Gasteiger partial charge is 0.492 e. The van der Waals surface area contributed by atoms with Gasteiger partial charge < -0.3 is 9.47 Å². The summed E-state index contributed by atoms with van der Waals surface area (Å²) in [4.78, 5) is 17.2. The SMILES string of the molecule is CCCCCCCCCCCOc1ccc(-c2ccc(OC(=O)c3ccc(CCCCCCCCC)cc3)cc2)nc1. The average Bonchev–Trinajstić information content (AvgIpc) is 3.02. The molecule has 0 saturated carbocycles. The highest BCUT2D eigenvalue weighted by atomic mass is 16.5. The summed E-state index contributed by atoms with van der Waals surface area (Å²) >= 11 is 0. The number of aromatic nitrogens is 1. The Morgan fingerprint density at radius 3 is 1.71 bits per heavy atom. The van der Waals surface area contributed by atoms with Crippen molar-refractivity contribution in [3.05, 3.63) is 78.0 Å². The molecule has 228 valence electrons. The molecule has 0 amide bonds. The monoisotopic (exact) mass is 571 g/mol. The predicted molar refractivity (Wildman–Crippen MR) is 175 cm³/mol. The average molecular weight is 572 g/mol.